The molecule has 0 bridgehead atoms. The van der Waals surface area contributed by atoms with E-state index < -0.39 is 0 Å². The second kappa shape index (κ2) is 3.43. The molecule has 4 nitrogen and oxygen atoms in total. The first kappa shape index (κ1) is 9.41. The summed E-state index contributed by atoms with van der Waals surface area (Å²) in [6.45, 7) is 0. The molecule has 0 spiro atoms. The van der Waals surface area contributed by atoms with Gasteiger partial charge in [0.05, 0.1) is 11.0 Å². The predicted octanol–water partition coefficient (Wildman–Crippen LogP) is 2.73. The summed E-state index contributed by atoms with van der Waals surface area (Å²) < 4.78 is 0. The van der Waals surface area contributed by atoms with Crippen LogP contribution < -0.4 is 0 Å². The molecule has 0 fully saturated rings. The lowest BCUT2D eigenvalue weighted by Gasteiger charge is -2.06. The summed E-state index contributed by atoms with van der Waals surface area (Å²) in [6.07, 6.45) is 6.78. The average Bonchev–Trinajstić information content (AvgIpc) is 2.48. The molecule has 0 aliphatic heterocycles. The first-order valence-electron chi connectivity index (χ1n) is 5.65. The summed E-state index contributed by atoms with van der Waals surface area (Å²) in [5, 5.41) is 4.24. The van der Waals surface area contributed by atoms with Gasteiger partial charge in [-0.1, -0.05) is 24.3 Å². The van der Waals surface area contributed by atoms with Crippen molar-refractivity contribution in [3.8, 4) is 0 Å². The van der Waals surface area contributed by atoms with Gasteiger partial charge >= 0.3 is 0 Å². The minimum absolute atomic E-state index is 0.902. The summed E-state index contributed by atoms with van der Waals surface area (Å²) in [4.78, 5) is 17.0. The van der Waals surface area contributed by atoms with Gasteiger partial charge in [-0.15, -0.1) is 0 Å². The largest absolute Gasteiger partial charge is 0.244 e. The number of benzene rings is 2. The highest BCUT2D eigenvalue weighted by atomic mass is 14.8. The molecule has 4 heteroatoms. The van der Waals surface area contributed by atoms with E-state index in [-0.39, 0.29) is 0 Å². The van der Waals surface area contributed by atoms with Crippen LogP contribution in [0.1, 0.15) is 0 Å². The van der Waals surface area contributed by atoms with Crippen molar-refractivity contribution in [3.05, 3.63) is 49.3 Å². The molecule has 0 radical (unpaired) electrons. The van der Waals surface area contributed by atoms with E-state index in [1.165, 1.54) is 0 Å². The van der Waals surface area contributed by atoms with Gasteiger partial charge in [-0.3, -0.25) is 0 Å². The SMILES string of the molecule is c1ccc2c(c1)c1cncnc1c1cncnc21. The third-order valence-corrected chi connectivity index (χ3v) is 3.15. The van der Waals surface area contributed by atoms with Crippen molar-refractivity contribution in [3.63, 3.8) is 0 Å². The van der Waals surface area contributed by atoms with E-state index in [0.29, 0.717) is 0 Å². The van der Waals surface area contributed by atoms with E-state index in [4.69, 9.17) is 0 Å². The minimum Gasteiger partial charge on any atom is -0.244 e. The van der Waals surface area contributed by atoms with E-state index in [2.05, 4.69) is 32.1 Å². The Morgan fingerprint density at radius 2 is 1.22 bits per heavy atom. The quantitative estimate of drug-likeness (QED) is 0.437. The Hall–Kier alpha value is -2.62. The topological polar surface area (TPSA) is 51.6 Å². The maximum Gasteiger partial charge on any atom is 0.116 e. The summed E-state index contributed by atoms with van der Waals surface area (Å²) in [7, 11) is 0. The standard InChI is InChI=1S/C14H8N4/c1-2-4-10-9(3-1)11-5-15-7-18-14(11)12-6-16-8-17-13(10)12/h1-8H. The lowest BCUT2D eigenvalue weighted by atomic mass is 10.0. The maximum absolute atomic E-state index is 4.39. The van der Waals surface area contributed by atoms with Gasteiger partial charge in [0.2, 0.25) is 0 Å². The van der Waals surface area contributed by atoms with Crippen LogP contribution in [0.4, 0.5) is 0 Å². The van der Waals surface area contributed by atoms with Crippen LogP contribution in [0.5, 0.6) is 0 Å². The van der Waals surface area contributed by atoms with Gasteiger partial charge in [0.1, 0.15) is 12.7 Å². The zero-order chi connectivity index (χ0) is 11.9. The maximum atomic E-state index is 4.39. The lowest BCUT2D eigenvalue weighted by molar-refractivity contribution is 1.21. The molecule has 4 aromatic rings. The first-order chi connectivity index (χ1) is 8.95. The summed E-state index contributed by atoms with van der Waals surface area (Å²) in [5.41, 5.74) is 1.84. The van der Waals surface area contributed by atoms with Crippen molar-refractivity contribution in [2.24, 2.45) is 0 Å². The summed E-state index contributed by atoms with van der Waals surface area (Å²) >= 11 is 0. The minimum atomic E-state index is 0.902. The summed E-state index contributed by atoms with van der Waals surface area (Å²) in [6, 6.07) is 8.17. The number of rotatable bonds is 0. The van der Waals surface area contributed by atoms with E-state index in [1.54, 1.807) is 12.7 Å². The van der Waals surface area contributed by atoms with Crippen molar-refractivity contribution in [1.29, 1.82) is 0 Å². The molecule has 0 aliphatic carbocycles. The average molecular weight is 232 g/mol. The zero-order valence-electron chi connectivity index (χ0n) is 9.41. The van der Waals surface area contributed by atoms with Crippen LogP contribution in [-0.4, -0.2) is 19.9 Å². The molecule has 18 heavy (non-hydrogen) atoms. The van der Waals surface area contributed by atoms with Gasteiger partial charge in [0, 0.05) is 28.6 Å². The fraction of sp³-hybridized carbons (Fsp3) is 0. The zero-order valence-corrected chi connectivity index (χ0v) is 9.41. The molecule has 0 amide bonds. The number of fused-ring (bicyclic) bond motifs is 6. The van der Waals surface area contributed by atoms with Gasteiger partial charge < -0.3 is 0 Å². The Kier molecular flexibility index (Phi) is 1.80. The van der Waals surface area contributed by atoms with Crippen LogP contribution in [0.15, 0.2) is 49.3 Å². The molecule has 84 valence electrons. The Morgan fingerprint density at radius 1 is 0.611 bits per heavy atom. The fourth-order valence-electron chi connectivity index (χ4n) is 2.38. The van der Waals surface area contributed by atoms with E-state index in [1.807, 2.05) is 24.5 Å². The van der Waals surface area contributed by atoms with E-state index in [9.17, 15) is 0 Å². The van der Waals surface area contributed by atoms with Gasteiger partial charge in [-0.2, -0.15) is 0 Å². The van der Waals surface area contributed by atoms with Crippen LogP contribution in [0.25, 0.3) is 32.6 Å². The lowest BCUT2D eigenvalue weighted by Crippen LogP contribution is -1.89. The molecule has 0 saturated heterocycles. The molecular weight excluding hydrogens is 224 g/mol. The number of hydrogen-bond acceptors (Lipinski definition) is 4. The number of hydrogen-bond donors (Lipinski definition) is 0. The van der Waals surface area contributed by atoms with Gasteiger partial charge in [0.15, 0.2) is 0 Å². The van der Waals surface area contributed by atoms with Crippen molar-refractivity contribution in [2.75, 3.05) is 0 Å². The fourth-order valence-corrected chi connectivity index (χ4v) is 2.38. The Morgan fingerprint density at radius 3 is 2.00 bits per heavy atom. The highest BCUT2D eigenvalue weighted by Gasteiger charge is 2.09. The molecule has 2 heterocycles. The molecule has 4 rings (SSSR count). The molecule has 0 unspecified atom stereocenters. The van der Waals surface area contributed by atoms with Gasteiger partial charge in [-0.25, -0.2) is 19.9 Å². The third kappa shape index (κ3) is 1.14. The number of aromatic nitrogens is 4. The smallest absolute Gasteiger partial charge is 0.116 e. The second-order valence-electron chi connectivity index (χ2n) is 4.12. The van der Waals surface area contributed by atoms with Crippen LogP contribution in [0, 0.1) is 0 Å². The first-order valence-corrected chi connectivity index (χ1v) is 5.65. The second-order valence-corrected chi connectivity index (χ2v) is 4.12. The molecular formula is C14H8N4. The molecule has 0 saturated carbocycles. The molecule has 0 aliphatic rings. The van der Waals surface area contributed by atoms with Crippen LogP contribution in [0.2, 0.25) is 0 Å². The van der Waals surface area contributed by atoms with E-state index in [0.717, 1.165) is 32.6 Å². The summed E-state index contributed by atoms with van der Waals surface area (Å²) in [5.74, 6) is 0. The van der Waals surface area contributed by atoms with Crippen LogP contribution >= 0.6 is 0 Å². The monoisotopic (exact) mass is 232 g/mol. The Balaban J connectivity index is 2.46. The molecule has 2 aromatic carbocycles. The van der Waals surface area contributed by atoms with Crippen LogP contribution in [-0.2, 0) is 0 Å². The van der Waals surface area contributed by atoms with Gasteiger partial charge in [-0.05, 0) is 5.39 Å². The third-order valence-electron chi connectivity index (χ3n) is 3.15. The highest BCUT2D eigenvalue weighted by Crippen LogP contribution is 2.31. The van der Waals surface area contributed by atoms with Crippen molar-refractivity contribution < 1.29 is 0 Å². The van der Waals surface area contributed by atoms with Crippen LogP contribution in [0.3, 0.4) is 0 Å². The molecule has 2 aromatic heterocycles. The Labute approximate surface area is 102 Å². The normalized spacial score (nSPS) is 11.3. The molecule has 0 atom stereocenters. The van der Waals surface area contributed by atoms with Crippen molar-refractivity contribution in [1.82, 2.24) is 19.9 Å². The van der Waals surface area contributed by atoms with Gasteiger partial charge in [0.25, 0.3) is 0 Å². The van der Waals surface area contributed by atoms with Crippen molar-refractivity contribution in [2.45, 2.75) is 0 Å². The van der Waals surface area contributed by atoms with Crippen molar-refractivity contribution >= 4 is 32.6 Å². The van der Waals surface area contributed by atoms with E-state index >= 15 is 0 Å². The number of nitrogens with zero attached hydrogens (tertiary/aromatic N) is 4. The predicted molar refractivity (Wildman–Crippen MR) is 70.1 cm³/mol. The highest BCUT2D eigenvalue weighted by molar-refractivity contribution is 6.22. The Bertz CT molecular complexity index is 665. The molecule has 0 N–H and O–H groups in total.